The largest absolute Gasteiger partial charge is 0.274 e. The predicted molar refractivity (Wildman–Crippen MR) is 62.8 cm³/mol. The highest BCUT2D eigenvalue weighted by molar-refractivity contribution is 7.83. The maximum Gasteiger partial charge on any atom is 0.228 e. The standard InChI is InChI=1S/C9H11NO2S.C2H6/c1-7-5-3-4-6-9(7)13(12)10-8(2)11;1-2/h3-6H,1-2H3,(H,10,11);1-2H3. The van der Waals surface area contributed by atoms with Gasteiger partial charge in [-0.25, -0.2) is 4.21 Å². The third-order valence-electron chi connectivity index (χ3n) is 1.53. The van der Waals surface area contributed by atoms with Crippen LogP contribution in [-0.4, -0.2) is 10.1 Å². The van der Waals surface area contributed by atoms with Gasteiger partial charge >= 0.3 is 0 Å². The number of hydrogen-bond donors (Lipinski definition) is 1. The Morgan fingerprint density at radius 3 is 2.27 bits per heavy atom. The molecular weight excluding hydrogens is 210 g/mol. The highest BCUT2D eigenvalue weighted by atomic mass is 32.2. The summed E-state index contributed by atoms with van der Waals surface area (Å²) in [6.07, 6.45) is 0. The molecule has 1 unspecified atom stereocenters. The minimum Gasteiger partial charge on any atom is -0.274 e. The molecule has 0 saturated heterocycles. The third kappa shape index (κ3) is 4.74. The van der Waals surface area contributed by atoms with E-state index in [1.165, 1.54) is 6.92 Å². The first-order valence-electron chi connectivity index (χ1n) is 4.86. The second kappa shape index (κ2) is 7.17. The zero-order chi connectivity index (χ0) is 11.8. The summed E-state index contributed by atoms with van der Waals surface area (Å²) in [7, 11) is -1.42. The van der Waals surface area contributed by atoms with Crippen LogP contribution in [0.1, 0.15) is 26.3 Å². The van der Waals surface area contributed by atoms with Crippen molar-refractivity contribution in [2.75, 3.05) is 0 Å². The van der Waals surface area contributed by atoms with Gasteiger partial charge in [-0.1, -0.05) is 32.0 Å². The number of hydrogen-bond acceptors (Lipinski definition) is 2. The molecule has 1 aromatic rings. The van der Waals surface area contributed by atoms with Gasteiger partial charge in [0.25, 0.3) is 0 Å². The molecule has 0 spiro atoms. The molecule has 15 heavy (non-hydrogen) atoms. The van der Waals surface area contributed by atoms with Gasteiger partial charge in [0.2, 0.25) is 5.91 Å². The molecule has 84 valence electrons. The van der Waals surface area contributed by atoms with Crippen LogP contribution >= 0.6 is 0 Å². The molecule has 0 bridgehead atoms. The van der Waals surface area contributed by atoms with Crippen LogP contribution in [0.25, 0.3) is 0 Å². The number of carbonyl (C=O) groups is 1. The van der Waals surface area contributed by atoms with E-state index in [0.29, 0.717) is 4.90 Å². The molecule has 1 atom stereocenters. The smallest absolute Gasteiger partial charge is 0.228 e. The van der Waals surface area contributed by atoms with Crippen LogP contribution in [0.4, 0.5) is 0 Å². The number of carbonyl (C=O) groups excluding carboxylic acids is 1. The summed E-state index contributed by atoms with van der Waals surface area (Å²) < 4.78 is 13.8. The second-order valence-corrected chi connectivity index (χ2v) is 3.87. The van der Waals surface area contributed by atoms with Crippen molar-refractivity contribution < 1.29 is 9.00 Å². The zero-order valence-corrected chi connectivity index (χ0v) is 10.4. The summed E-state index contributed by atoms with van der Waals surface area (Å²) in [4.78, 5) is 11.3. The molecule has 1 N–H and O–H groups in total. The van der Waals surface area contributed by atoms with E-state index in [-0.39, 0.29) is 5.91 Å². The molecule has 0 fully saturated rings. The Labute approximate surface area is 93.5 Å². The Balaban J connectivity index is 0.000000921. The SMILES string of the molecule is CC.CC(=O)NS(=O)c1ccccc1C. The maximum absolute atomic E-state index is 11.5. The minimum absolute atomic E-state index is 0.290. The van der Waals surface area contributed by atoms with E-state index in [1.54, 1.807) is 12.1 Å². The molecule has 0 aliphatic rings. The van der Waals surface area contributed by atoms with Gasteiger partial charge < -0.3 is 0 Å². The lowest BCUT2D eigenvalue weighted by molar-refractivity contribution is -0.117. The number of rotatable bonds is 2. The average Bonchev–Trinajstić information content (AvgIpc) is 2.20. The molecule has 0 aliphatic carbocycles. The maximum atomic E-state index is 11.5. The second-order valence-electron chi connectivity index (χ2n) is 2.69. The third-order valence-corrected chi connectivity index (χ3v) is 2.86. The monoisotopic (exact) mass is 227 g/mol. The Morgan fingerprint density at radius 2 is 1.80 bits per heavy atom. The molecule has 0 saturated carbocycles. The minimum atomic E-state index is -1.42. The van der Waals surface area contributed by atoms with Crippen LogP contribution in [-0.2, 0) is 15.8 Å². The molecule has 4 heteroatoms. The van der Waals surface area contributed by atoms with Gasteiger partial charge in [0, 0.05) is 6.92 Å². The van der Waals surface area contributed by atoms with Gasteiger partial charge in [-0.3, -0.25) is 9.52 Å². The Morgan fingerprint density at radius 1 is 1.27 bits per heavy atom. The summed E-state index contributed by atoms with van der Waals surface area (Å²) in [6, 6.07) is 7.25. The number of benzene rings is 1. The van der Waals surface area contributed by atoms with E-state index >= 15 is 0 Å². The summed E-state index contributed by atoms with van der Waals surface area (Å²) in [5.74, 6) is -0.290. The van der Waals surface area contributed by atoms with Crippen molar-refractivity contribution in [3.05, 3.63) is 29.8 Å². The lowest BCUT2D eigenvalue weighted by Crippen LogP contribution is -2.22. The summed E-state index contributed by atoms with van der Waals surface area (Å²) >= 11 is 0. The van der Waals surface area contributed by atoms with E-state index in [4.69, 9.17) is 0 Å². The van der Waals surface area contributed by atoms with Crippen molar-refractivity contribution in [3.8, 4) is 0 Å². The van der Waals surface area contributed by atoms with Gasteiger partial charge in [-0.15, -0.1) is 0 Å². The zero-order valence-electron chi connectivity index (χ0n) is 9.53. The fourth-order valence-corrected chi connectivity index (χ4v) is 1.88. The van der Waals surface area contributed by atoms with E-state index < -0.39 is 11.0 Å². The van der Waals surface area contributed by atoms with Gasteiger partial charge in [-0.2, -0.15) is 0 Å². The normalized spacial score (nSPS) is 10.9. The molecule has 1 amide bonds. The van der Waals surface area contributed by atoms with Crippen LogP contribution in [0.15, 0.2) is 29.2 Å². The van der Waals surface area contributed by atoms with Crippen LogP contribution in [0.5, 0.6) is 0 Å². The van der Waals surface area contributed by atoms with Crippen LogP contribution in [0.2, 0.25) is 0 Å². The molecule has 0 heterocycles. The molecule has 1 aromatic carbocycles. The molecule has 0 aliphatic heterocycles. The van der Waals surface area contributed by atoms with E-state index in [0.717, 1.165) is 5.56 Å². The van der Waals surface area contributed by atoms with Gasteiger partial charge in [0.15, 0.2) is 11.0 Å². The Bertz CT molecular complexity index is 350. The van der Waals surface area contributed by atoms with E-state index in [2.05, 4.69) is 4.72 Å². The van der Waals surface area contributed by atoms with Crippen molar-refractivity contribution in [2.24, 2.45) is 0 Å². The fraction of sp³-hybridized carbons (Fsp3) is 0.364. The summed E-state index contributed by atoms with van der Waals surface area (Å²) in [5.41, 5.74) is 0.912. The summed E-state index contributed by atoms with van der Waals surface area (Å²) in [6.45, 7) is 7.20. The van der Waals surface area contributed by atoms with Gasteiger partial charge in [0.1, 0.15) is 0 Å². The molecule has 0 aromatic heterocycles. The van der Waals surface area contributed by atoms with Crippen molar-refractivity contribution in [2.45, 2.75) is 32.6 Å². The van der Waals surface area contributed by atoms with Gasteiger partial charge in [0.05, 0.1) is 4.90 Å². The predicted octanol–water partition coefficient (Wildman–Crippen LogP) is 2.18. The lowest BCUT2D eigenvalue weighted by Gasteiger charge is -2.04. The van der Waals surface area contributed by atoms with Crippen LogP contribution in [0, 0.1) is 6.92 Å². The first-order chi connectivity index (χ1) is 7.11. The van der Waals surface area contributed by atoms with Crippen molar-refractivity contribution in [3.63, 3.8) is 0 Å². The van der Waals surface area contributed by atoms with Crippen molar-refractivity contribution >= 4 is 16.9 Å². The Kier molecular flexibility index (Phi) is 6.62. The number of nitrogens with one attached hydrogen (secondary N) is 1. The average molecular weight is 227 g/mol. The van der Waals surface area contributed by atoms with Crippen molar-refractivity contribution in [1.82, 2.24) is 4.72 Å². The van der Waals surface area contributed by atoms with Gasteiger partial charge in [-0.05, 0) is 18.6 Å². The first kappa shape index (κ1) is 13.8. The van der Waals surface area contributed by atoms with Crippen molar-refractivity contribution in [1.29, 1.82) is 0 Å². The fourth-order valence-electron chi connectivity index (χ4n) is 0.950. The van der Waals surface area contributed by atoms with E-state index in [9.17, 15) is 9.00 Å². The number of aryl methyl sites for hydroxylation is 1. The highest BCUT2D eigenvalue weighted by Gasteiger charge is 2.06. The van der Waals surface area contributed by atoms with Crippen LogP contribution < -0.4 is 4.72 Å². The molecule has 1 rings (SSSR count). The molecule has 0 radical (unpaired) electrons. The van der Waals surface area contributed by atoms with Crippen LogP contribution in [0.3, 0.4) is 0 Å². The quantitative estimate of drug-likeness (QED) is 0.841. The van der Waals surface area contributed by atoms with E-state index in [1.807, 2.05) is 32.9 Å². The number of amides is 1. The highest BCUT2D eigenvalue weighted by Crippen LogP contribution is 2.09. The summed E-state index contributed by atoms with van der Waals surface area (Å²) in [5, 5.41) is 0. The first-order valence-corrected chi connectivity index (χ1v) is 6.01. The Hall–Kier alpha value is -1.16. The molecular formula is C11H17NO2S. The molecule has 3 nitrogen and oxygen atoms in total. The topological polar surface area (TPSA) is 46.2 Å². The lowest BCUT2D eigenvalue weighted by atomic mass is 10.2.